The van der Waals surface area contributed by atoms with Gasteiger partial charge in [0, 0.05) is 30.1 Å². The molecule has 3 aromatic rings. The highest BCUT2D eigenvalue weighted by Crippen LogP contribution is 2.37. The maximum atomic E-state index is 14.4. The molecule has 2 aliphatic rings. The molecule has 0 radical (unpaired) electrons. The van der Waals surface area contributed by atoms with Crippen LogP contribution in [-0.2, 0) is 16.1 Å². The van der Waals surface area contributed by atoms with Crippen molar-refractivity contribution >= 4 is 22.9 Å². The number of amides is 1. The van der Waals surface area contributed by atoms with Gasteiger partial charge < -0.3 is 4.40 Å². The number of fused-ring (bicyclic) bond motifs is 1. The fraction of sp³-hybridized carbons (Fsp3) is 0.522. The number of thiazole rings is 1. The number of imidazole rings is 1. The number of carbonyl (C=O) groups excluding carboxylic acids is 1. The molecule has 4 heterocycles. The number of halogens is 1. The minimum atomic E-state index is -0.274. The number of nitrogens with zero attached hydrogens (tertiary/aromatic N) is 4. The zero-order chi connectivity index (χ0) is 21.5. The summed E-state index contributed by atoms with van der Waals surface area (Å²) in [5.41, 5.74) is 3.12. The van der Waals surface area contributed by atoms with Gasteiger partial charge in [-0.1, -0.05) is 0 Å². The van der Waals surface area contributed by atoms with Crippen LogP contribution in [0.5, 0.6) is 0 Å². The van der Waals surface area contributed by atoms with Crippen molar-refractivity contribution in [2.75, 3.05) is 6.61 Å². The highest BCUT2D eigenvalue weighted by Gasteiger charge is 2.38. The zero-order valence-corrected chi connectivity index (χ0v) is 18.7. The average molecular weight is 443 g/mol. The Morgan fingerprint density at radius 2 is 2.00 bits per heavy atom. The van der Waals surface area contributed by atoms with Gasteiger partial charge in [-0.3, -0.25) is 9.63 Å². The molecule has 0 N–H and O–H groups in total. The number of aryl methyl sites for hydroxylation is 2. The van der Waals surface area contributed by atoms with Crippen LogP contribution in [0.3, 0.4) is 0 Å². The smallest absolute Gasteiger partial charge is 0.249 e. The van der Waals surface area contributed by atoms with Gasteiger partial charge in [-0.05, 0) is 63.5 Å². The number of carbonyl (C=O) groups is 1. The minimum absolute atomic E-state index is 0.00732. The number of rotatable bonds is 4. The van der Waals surface area contributed by atoms with Crippen LogP contribution in [0.15, 0.2) is 23.8 Å². The molecule has 164 valence electrons. The first-order valence-corrected chi connectivity index (χ1v) is 11.9. The summed E-state index contributed by atoms with van der Waals surface area (Å²) in [6.07, 6.45) is 9.09. The standard InChI is InChI=1S/C23H27FN4O2S/c1-14-11-27-12-17(10-19(24)22(27)25-14)9-16-3-5-18(6-4-16)23(29)28-21(7-8-30-28)20-13-31-15(2)26-20/h10-13,16,18,21H,3-9H2,1-2H3/t16-,18-,21-/m0/s1. The van der Waals surface area contributed by atoms with E-state index in [-0.39, 0.29) is 23.7 Å². The molecular formula is C23H27FN4O2S. The van der Waals surface area contributed by atoms with E-state index in [1.165, 1.54) is 0 Å². The van der Waals surface area contributed by atoms with E-state index in [1.807, 2.05) is 31.6 Å². The van der Waals surface area contributed by atoms with Crippen LogP contribution in [-0.4, -0.2) is 31.9 Å². The van der Waals surface area contributed by atoms with E-state index in [0.717, 1.165) is 60.5 Å². The lowest BCUT2D eigenvalue weighted by atomic mass is 9.79. The van der Waals surface area contributed by atoms with Gasteiger partial charge in [0.1, 0.15) is 6.04 Å². The third-order valence-electron chi connectivity index (χ3n) is 6.50. The van der Waals surface area contributed by atoms with Crippen LogP contribution in [0, 0.1) is 31.5 Å². The maximum absolute atomic E-state index is 14.4. The molecule has 5 rings (SSSR count). The van der Waals surface area contributed by atoms with Crippen molar-refractivity contribution in [2.24, 2.45) is 11.8 Å². The summed E-state index contributed by atoms with van der Waals surface area (Å²) in [6, 6.07) is 1.54. The number of hydroxylamine groups is 2. The molecule has 0 aromatic carbocycles. The minimum Gasteiger partial charge on any atom is -0.304 e. The summed E-state index contributed by atoms with van der Waals surface area (Å²) in [5.74, 6) is 0.269. The van der Waals surface area contributed by atoms with Gasteiger partial charge in [0.2, 0.25) is 5.91 Å². The van der Waals surface area contributed by atoms with Gasteiger partial charge in [0.25, 0.3) is 0 Å². The molecule has 0 bridgehead atoms. The molecule has 3 aromatic heterocycles. The monoisotopic (exact) mass is 442 g/mol. The first-order chi connectivity index (χ1) is 15.0. The number of aromatic nitrogens is 3. The highest BCUT2D eigenvalue weighted by molar-refractivity contribution is 7.09. The fourth-order valence-corrected chi connectivity index (χ4v) is 5.62. The Hall–Kier alpha value is -2.32. The van der Waals surface area contributed by atoms with E-state index < -0.39 is 0 Å². The van der Waals surface area contributed by atoms with Gasteiger partial charge >= 0.3 is 0 Å². The Morgan fingerprint density at radius 1 is 1.19 bits per heavy atom. The average Bonchev–Trinajstić information content (AvgIpc) is 3.47. The summed E-state index contributed by atoms with van der Waals surface area (Å²) < 4.78 is 16.2. The third-order valence-corrected chi connectivity index (χ3v) is 7.30. The van der Waals surface area contributed by atoms with Crippen molar-refractivity contribution in [3.05, 3.63) is 51.6 Å². The molecule has 0 spiro atoms. The van der Waals surface area contributed by atoms with Crippen LogP contribution in [0.1, 0.15) is 60.1 Å². The van der Waals surface area contributed by atoms with Crippen LogP contribution >= 0.6 is 11.3 Å². The van der Waals surface area contributed by atoms with Crippen LogP contribution in [0.25, 0.3) is 5.65 Å². The van der Waals surface area contributed by atoms with E-state index in [4.69, 9.17) is 4.84 Å². The fourth-order valence-electron chi connectivity index (χ4n) is 4.96. The Labute approximate surface area is 185 Å². The summed E-state index contributed by atoms with van der Waals surface area (Å²) in [4.78, 5) is 27.7. The van der Waals surface area contributed by atoms with Crippen molar-refractivity contribution in [1.82, 2.24) is 19.4 Å². The summed E-state index contributed by atoms with van der Waals surface area (Å²) in [7, 11) is 0. The second-order valence-corrected chi connectivity index (χ2v) is 9.89. The predicted octanol–water partition coefficient (Wildman–Crippen LogP) is 4.80. The summed E-state index contributed by atoms with van der Waals surface area (Å²) in [5, 5.41) is 4.63. The van der Waals surface area contributed by atoms with Gasteiger partial charge in [0.15, 0.2) is 11.5 Å². The Morgan fingerprint density at radius 3 is 2.74 bits per heavy atom. The van der Waals surface area contributed by atoms with Gasteiger partial charge in [-0.2, -0.15) is 0 Å². The SMILES string of the molecule is Cc1cn2cc(C[C@H]3CC[C@H](C(=O)N4OCC[C@H]4c4csc(C)n4)CC3)cc(F)c2n1. The van der Waals surface area contributed by atoms with Crippen molar-refractivity contribution < 1.29 is 14.0 Å². The van der Waals surface area contributed by atoms with Crippen LogP contribution in [0.4, 0.5) is 4.39 Å². The Bertz CT molecular complexity index is 1100. The first kappa shape index (κ1) is 20.6. The summed E-state index contributed by atoms with van der Waals surface area (Å²) >= 11 is 1.61. The first-order valence-electron chi connectivity index (χ1n) is 11.0. The molecule has 1 aliphatic heterocycles. The van der Waals surface area contributed by atoms with Gasteiger partial charge in [0.05, 0.1) is 23.0 Å². The van der Waals surface area contributed by atoms with Crippen LogP contribution < -0.4 is 0 Å². The van der Waals surface area contributed by atoms with Crippen molar-refractivity contribution in [1.29, 1.82) is 0 Å². The molecule has 2 fully saturated rings. The van der Waals surface area contributed by atoms with Gasteiger partial charge in [-0.15, -0.1) is 11.3 Å². The predicted molar refractivity (Wildman–Crippen MR) is 116 cm³/mol. The zero-order valence-electron chi connectivity index (χ0n) is 17.9. The highest BCUT2D eigenvalue weighted by atomic mass is 32.1. The largest absolute Gasteiger partial charge is 0.304 e. The molecule has 1 saturated heterocycles. The van der Waals surface area contributed by atoms with Crippen molar-refractivity contribution in [3.8, 4) is 0 Å². The lowest BCUT2D eigenvalue weighted by molar-refractivity contribution is -0.183. The topological polar surface area (TPSA) is 59.7 Å². The maximum Gasteiger partial charge on any atom is 0.249 e. The van der Waals surface area contributed by atoms with E-state index in [1.54, 1.807) is 26.9 Å². The number of hydrogen-bond acceptors (Lipinski definition) is 5. The Kier molecular flexibility index (Phi) is 5.52. The molecule has 8 heteroatoms. The van der Waals surface area contributed by atoms with E-state index >= 15 is 0 Å². The molecule has 0 unspecified atom stereocenters. The van der Waals surface area contributed by atoms with E-state index in [9.17, 15) is 9.18 Å². The van der Waals surface area contributed by atoms with Crippen LogP contribution in [0.2, 0.25) is 0 Å². The lowest BCUT2D eigenvalue weighted by Crippen LogP contribution is -2.37. The van der Waals surface area contributed by atoms with E-state index in [0.29, 0.717) is 18.2 Å². The molecule has 1 atom stereocenters. The van der Waals surface area contributed by atoms with Gasteiger partial charge in [-0.25, -0.2) is 19.4 Å². The molecule has 1 amide bonds. The Balaban J connectivity index is 1.21. The van der Waals surface area contributed by atoms with E-state index in [2.05, 4.69) is 9.97 Å². The second-order valence-electron chi connectivity index (χ2n) is 8.82. The molecule has 1 saturated carbocycles. The lowest BCUT2D eigenvalue weighted by Gasteiger charge is -2.31. The van der Waals surface area contributed by atoms with Crippen molar-refractivity contribution in [2.45, 2.75) is 58.4 Å². The normalized spacial score (nSPS) is 24.2. The molecule has 6 nitrogen and oxygen atoms in total. The third kappa shape index (κ3) is 4.11. The summed E-state index contributed by atoms with van der Waals surface area (Å²) in [6.45, 7) is 4.41. The number of pyridine rings is 1. The number of hydrogen-bond donors (Lipinski definition) is 0. The molecule has 1 aliphatic carbocycles. The second kappa shape index (κ2) is 8.31. The quantitative estimate of drug-likeness (QED) is 0.582. The van der Waals surface area contributed by atoms with Crippen molar-refractivity contribution in [3.63, 3.8) is 0 Å². The molecular weight excluding hydrogens is 415 g/mol. The molecule has 31 heavy (non-hydrogen) atoms.